The summed E-state index contributed by atoms with van der Waals surface area (Å²) < 4.78 is 0. The van der Waals surface area contributed by atoms with Crippen molar-refractivity contribution in [3.05, 3.63) is 11.6 Å². The van der Waals surface area contributed by atoms with Crippen LogP contribution in [0, 0.1) is 52.3 Å². The molecular formula is C32H53BrOS. The van der Waals surface area contributed by atoms with Crippen LogP contribution in [-0.2, 0) is 4.79 Å². The van der Waals surface area contributed by atoms with E-state index in [1.807, 2.05) is 0 Å². The van der Waals surface area contributed by atoms with E-state index in [2.05, 4.69) is 70.5 Å². The molecule has 3 fully saturated rings. The number of carbonyl (C=O) groups is 1. The highest BCUT2D eigenvalue weighted by atomic mass is 79.9. The van der Waals surface area contributed by atoms with Crippen LogP contribution in [0.1, 0.15) is 119 Å². The Bertz CT molecular complexity index is 788. The highest BCUT2D eigenvalue weighted by molar-refractivity contribution is 9.10. The summed E-state index contributed by atoms with van der Waals surface area (Å²) in [6.45, 7) is 16.9. The van der Waals surface area contributed by atoms with Gasteiger partial charge in [0.25, 0.3) is 0 Å². The molecule has 0 aromatic heterocycles. The predicted octanol–water partition coefficient (Wildman–Crippen LogP) is 10.1. The van der Waals surface area contributed by atoms with Gasteiger partial charge in [0.15, 0.2) is 0 Å². The lowest BCUT2D eigenvalue weighted by atomic mass is 9.47. The molecule has 4 aliphatic rings. The van der Waals surface area contributed by atoms with Crippen LogP contribution in [0.2, 0.25) is 0 Å². The number of thioether (sulfide) groups is 1. The van der Waals surface area contributed by atoms with Crippen molar-refractivity contribution in [3.8, 4) is 0 Å². The minimum absolute atomic E-state index is 0.00961. The maximum Gasteiger partial charge on any atom is 0.203 e. The molecule has 0 bridgehead atoms. The first-order valence-corrected chi connectivity index (χ1v) is 16.8. The molecule has 4 aliphatic carbocycles. The lowest BCUT2D eigenvalue weighted by molar-refractivity contribution is -0.111. The third kappa shape index (κ3) is 5.53. The lowest BCUT2D eigenvalue weighted by Gasteiger charge is -2.58. The van der Waals surface area contributed by atoms with Crippen LogP contribution < -0.4 is 0 Å². The minimum Gasteiger partial charge on any atom is -0.286 e. The molecule has 3 saturated carbocycles. The number of rotatable bonds is 8. The molecule has 0 spiro atoms. The number of carbonyl (C=O) groups excluding carboxylic acids is 1. The molecule has 4 rings (SSSR count). The molecule has 0 radical (unpaired) electrons. The van der Waals surface area contributed by atoms with Gasteiger partial charge in [0, 0.05) is 5.25 Å². The van der Waals surface area contributed by atoms with E-state index in [1.165, 1.54) is 64.2 Å². The number of alkyl halides is 1. The molecule has 0 saturated heterocycles. The fourth-order valence-corrected chi connectivity index (χ4v) is 10.8. The summed E-state index contributed by atoms with van der Waals surface area (Å²) in [4.78, 5) is 12.8. The van der Waals surface area contributed by atoms with Gasteiger partial charge in [-0.3, -0.25) is 4.79 Å². The molecule has 0 aliphatic heterocycles. The molecule has 9 atom stereocenters. The Morgan fingerprint density at radius 1 is 1.03 bits per heavy atom. The fraction of sp³-hybridized carbons (Fsp3) is 0.906. The largest absolute Gasteiger partial charge is 0.286 e. The summed E-state index contributed by atoms with van der Waals surface area (Å²) in [5.41, 5.74) is 2.67. The first kappa shape index (κ1) is 28.3. The zero-order valence-electron chi connectivity index (χ0n) is 23.7. The summed E-state index contributed by atoms with van der Waals surface area (Å²) in [5.74, 6) is 5.74. The zero-order valence-corrected chi connectivity index (χ0v) is 26.1. The molecule has 0 amide bonds. The third-order valence-corrected chi connectivity index (χ3v) is 14.4. The maximum absolute atomic E-state index is 12.8. The highest BCUT2D eigenvalue weighted by Crippen LogP contribution is 2.67. The molecule has 0 aromatic carbocycles. The van der Waals surface area contributed by atoms with Gasteiger partial charge in [-0.2, -0.15) is 0 Å². The van der Waals surface area contributed by atoms with Gasteiger partial charge in [0.2, 0.25) is 5.12 Å². The molecular weight excluding hydrogens is 512 g/mol. The third-order valence-electron chi connectivity index (χ3n) is 11.4. The first-order chi connectivity index (χ1) is 16.5. The van der Waals surface area contributed by atoms with Crippen molar-refractivity contribution in [2.45, 2.75) is 129 Å². The summed E-state index contributed by atoms with van der Waals surface area (Å²) in [6, 6.07) is 0. The quantitative estimate of drug-likeness (QED) is 0.215. The minimum atomic E-state index is -0.00961. The molecule has 3 heteroatoms. The van der Waals surface area contributed by atoms with E-state index in [0.29, 0.717) is 27.1 Å². The van der Waals surface area contributed by atoms with Crippen molar-refractivity contribution in [1.29, 1.82) is 0 Å². The van der Waals surface area contributed by atoms with Crippen molar-refractivity contribution in [3.63, 3.8) is 0 Å². The number of hydrogen-bond donors (Lipinski definition) is 0. The average Bonchev–Trinajstić information content (AvgIpc) is 3.15. The maximum atomic E-state index is 12.8. The van der Waals surface area contributed by atoms with Gasteiger partial charge in [0.1, 0.15) is 0 Å². The van der Waals surface area contributed by atoms with E-state index in [0.717, 1.165) is 41.9 Å². The van der Waals surface area contributed by atoms with E-state index in [9.17, 15) is 4.79 Å². The first-order valence-electron chi connectivity index (χ1n) is 15.0. The second kappa shape index (κ2) is 11.2. The van der Waals surface area contributed by atoms with Crippen molar-refractivity contribution >= 4 is 32.8 Å². The van der Waals surface area contributed by atoms with Gasteiger partial charge < -0.3 is 0 Å². The lowest BCUT2D eigenvalue weighted by Crippen LogP contribution is -2.50. The second-order valence-electron chi connectivity index (χ2n) is 14.2. The molecule has 35 heavy (non-hydrogen) atoms. The van der Waals surface area contributed by atoms with Crippen LogP contribution in [-0.4, -0.2) is 15.2 Å². The topological polar surface area (TPSA) is 17.1 Å². The Morgan fingerprint density at radius 2 is 1.77 bits per heavy atom. The summed E-state index contributed by atoms with van der Waals surface area (Å²) in [5, 5.41) is 0.824. The van der Waals surface area contributed by atoms with Crippen LogP contribution >= 0.6 is 27.7 Å². The number of hydrogen-bond acceptors (Lipinski definition) is 2. The summed E-state index contributed by atoms with van der Waals surface area (Å²) >= 11 is 5.28. The van der Waals surface area contributed by atoms with Crippen LogP contribution in [0.5, 0.6) is 0 Å². The predicted molar refractivity (Wildman–Crippen MR) is 157 cm³/mol. The Morgan fingerprint density at radius 3 is 2.46 bits per heavy atom. The SMILES string of the molecule is CC(C)CCC[C@@H](C)[C@H]1CC[C@H]2[C@@H]3CC=C4C[C@@H](SC(=O)[C@@H](Br)C(C)C)CC[C@]4(C)[C@H]3CC[C@]12C. The molecule has 200 valence electrons. The van der Waals surface area contributed by atoms with E-state index in [1.54, 1.807) is 17.3 Å². The molecule has 0 aromatic rings. The van der Waals surface area contributed by atoms with Crippen molar-refractivity contribution in [2.75, 3.05) is 0 Å². The monoisotopic (exact) mass is 564 g/mol. The Balaban J connectivity index is 1.43. The van der Waals surface area contributed by atoms with E-state index >= 15 is 0 Å². The Labute approximate surface area is 229 Å². The average molecular weight is 566 g/mol. The van der Waals surface area contributed by atoms with Crippen LogP contribution in [0.4, 0.5) is 0 Å². The van der Waals surface area contributed by atoms with Crippen LogP contribution in [0.25, 0.3) is 0 Å². The Kier molecular flexibility index (Phi) is 9.00. The van der Waals surface area contributed by atoms with Crippen molar-refractivity contribution < 1.29 is 4.79 Å². The van der Waals surface area contributed by atoms with E-state index < -0.39 is 0 Å². The number of allylic oxidation sites excluding steroid dienone is 2. The van der Waals surface area contributed by atoms with Crippen LogP contribution in [0.3, 0.4) is 0 Å². The number of halogens is 1. The molecule has 0 unspecified atom stereocenters. The van der Waals surface area contributed by atoms with Gasteiger partial charge in [-0.05, 0) is 104 Å². The molecule has 0 N–H and O–H groups in total. The van der Waals surface area contributed by atoms with Crippen LogP contribution in [0.15, 0.2) is 11.6 Å². The van der Waals surface area contributed by atoms with Gasteiger partial charge in [-0.15, -0.1) is 0 Å². The van der Waals surface area contributed by atoms with Gasteiger partial charge in [-0.1, -0.05) is 107 Å². The van der Waals surface area contributed by atoms with Gasteiger partial charge in [0.05, 0.1) is 4.83 Å². The zero-order chi connectivity index (χ0) is 25.5. The normalized spacial score (nSPS) is 40.6. The smallest absolute Gasteiger partial charge is 0.203 e. The summed E-state index contributed by atoms with van der Waals surface area (Å²) in [7, 11) is 0. The summed E-state index contributed by atoms with van der Waals surface area (Å²) in [6.07, 6.45) is 17.7. The van der Waals surface area contributed by atoms with E-state index in [4.69, 9.17) is 0 Å². The molecule has 1 nitrogen and oxygen atoms in total. The number of fused-ring (bicyclic) bond motifs is 5. The Hall–Kier alpha value is 0.240. The van der Waals surface area contributed by atoms with Gasteiger partial charge in [-0.25, -0.2) is 0 Å². The fourth-order valence-electron chi connectivity index (χ4n) is 9.25. The standard InChI is InChI=1S/C32H53BrOS/c1-20(2)9-8-10-22(5)26-13-14-27-25-12-11-23-19-24(35-30(34)29(33)21(3)4)15-17-31(23,6)28(25)16-18-32(26,27)7/h11,20-22,24-29H,8-10,12-19H2,1-7H3/t22-,24+,25+,26-,27+,28+,29+,31+,32-/m1/s1. The van der Waals surface area contributed by atoms with Crippen molar-refractivity contribution in [2.24, 2.45) is 52.3 Å². The van der Waals surface area contributed by atoms with Crippen molar-refractivity contribution in [1.82, 2.24) is 0 Å². The van der Waals surface area contributed by atoms with E-state index in [-0.39, 0.29) is 4.83 Å². The highest BCUT2D eigenvalue weighted by Gasteiger charge is 2.59. The molecule has 0 heterocycles. The second-order valence-corrected chi connectivity index (χ2v) is 16.5. The van der Waals surface area contributed by atoms with Gasteiger partial charge >= 0.3 is 0 Å².